The van der Waals surface area contributed by atoms with E-state index in [0.29, 0.717) is 18.2 Å². The van der Waals surface area contributed by atoms with Crippen molar-refractivity contribution in [3.8, 4) is 0 Å². The van der Waals surface area contributed by atoms with Crippen molar-refractivity contribution in [2.24, 2.45) is 5.92 Å². The lowest BCUT2D eigenvalue weighted by Crippen LogP contribution is -2.23. The van der Waals surface area contributed by atoms with Crippen LogP contribution >= 0.6 is 11.6 Å². The number of halogens is 2. The van der Waals surface area contributed by atoms with Gasteiger partial charge in [-0.15, -0.1) is 11.6 Å². The Morgan fingerprint density at radius 2 is 2.19 bits per heavy atom. The molecule has 0 amide bonds. The molecule has 0 bridgehead atoms. The smallest absolute Gasteiger partial charge is 0.125 e. The fourth-order valence-corrected chi connectivity index (χ4v) is 3.67. The number of aromatic nitrogens is 2. The average molecular weight is 309 g/mol. The van der Waals surface area contributed by atoms with Crippen molar-refractivity contribution < 1.29 is 9.13 Å². The van der Waals surface area contributed by atoms with Gasteiger partial charge in [-0.2, -0.15) is 0 Å². The normalized spacial score (nSPS) is 25.8. The van der Waals surface area contributed by atoms with Crippen LogP contribution in [-0.2, 0) is 11.2 Å². The second kappa shape index (κ2) is 5.25. The Labute approximate surface area is 128 Å². The topological polar surface area (TPSA) is 27.1 Å². The summed E-state index contributed by atoms with van der Waals surface area (Å²) in [7, 11) is 0. The number of imidazole rings is 1. The third-order valence-corrected chi connectivity index (χ3v) is 4.75. The summed E-state index contributed by atoms with van der Waals surface area (Å²) in [5, 5.41) is 0. The molecule has 1 aromatic heterocycles. The van der Waals surface area contributed by atoms with Crippen LogP contribution in [-0.4, -0.2) is 28.1 Å². The Morgan fingerprint density at radius 1 is 1.33 bits per heavy atom. The van der Waals surface area contributed by atoms with Gasteiger partial charge in [-0.25, -0.2) is 9.37 Å². The molecule has 3 nitrogen and oxygen atoms in total. The predicted octanol–water partition coefficient (Wildman–Crippen LogP) is 3.70. The fourth-order valence-electron chi connectivity index (χ4n) is 3.50. The van der Waals surface area contributed by atoms with E-state index in [-0.39, 0.29) is 18.0 Å². The van der Waals surface area contributed by atoms with Crippen LogP contribution in [0.2, 0.25) is 0 Å². The molecule has 0 spiro atoms. The molecule has 2 unspecified atom stereocenters. The molecule has 2 heterocycles. The number of fused-ring (bicyclic) bond motifs is 1. The summed E-state index contributed by atoms with van der Waals surface area (Å²) in [6.45, 7) is 0.779. The monoisotopic (exact) mass is 308 g/mol. The number of rotatable bonds is 4. The zero-order valence-corrected chi connectivity index (χ0v) is 12.5. The van der Waals surface area contributed by atoms with Gasteiger partial charge in [0.25, 0.3) is 0 Å². The number of hydrogen-bond donors (Lipinski definition) is 0. The molecular weight excluding hydrogens is 291 g/mol. The molecule has 2 fully saturated rings. The van der Waals surface area contributed by atoms with Gasteiger partial charge in [0, 0.05) is 18.9 Å². The molecule has 1 aliphatic carbocycles. The highest BCUT2D eigenvalue weighted by Crippen LogP contribution is 2.44. The number of hydrogen-bond acceptors (Lipinski definition) is 2. The van der Waals surface area contributed by atoms with Crippen LogP contribution < -0.4 is 0 Å². The minimum atomic E-state index is -0.219. The van der Waals surface area contributed by atoms with E-state index < -0.39 is 0 Å². The van der Waals surface area contributed by atoms with Crippen LogP contribution in [0.3, 0.4) is 0 Å². The van der Waals surface area contributed by atoms with Crippen molar-refractivity contribution >= 4 is 22.6 Å². The standard InChI is InChI=1S/C16H18ClFN2O/c17-7-5-15-19-12-4-3-11(18)9-14(12)20(15)13-6-8-21-16(13)10-1-2-10/h3-4,9-10,13,16H,1-2,5-8H2. The zero-order chi connectivity index (χ0) is 14.4. The maximum Gasteiger partial charge on any atom is 0.125 e. The first kappa shape index (κ1) is 13.5. The molecule has 1 aliphatic heterocycles. The molecule has 2 atom stereocenters. The maximum absolute atomic E-state index is 13.7. The number of alkyl halides is 1. The Bertz CT molecular complexity index is 668. The van der Waals surface area contributed by atoms with E-state index in [1.54, 1.807) is 12.1 Å². The third-order valence-electron chi connectivity index (χ3n) is 4.56. The second-order valence-electron chi connectivity index (χ2n) is 6.00. The molecule has 112 valence electrons. The van der Waals surface area contributed by atoms with Crippen molar-refractivity contribution in [3.05, 3.63) is 29.8 Å². The first-order valence-electron chi connectivity index (χ1n) is 7.62. The lowest BCUT2D eigenvalue weighted by molar-refractivity contribution is 0.0753. The molecule has 2 aromatic rings. The Morgan fingerprint density at radius 3 is 2.95 bits per heavy atom. The quantitative estimate of drug-likeness (QED) is 0.805. The summed E-state index contributed by atoms with van der Waals surface area (Å²) in [5.41, 5.74) is 1.72. The van der Waals surface area contributed by atoms with Gasteiger partial charge in [0.05, 0.1) is 23.2 Å². The molecule has 21 heavy (non-hydrogen) atoms. The molecule has 5 heteroatoms. The van der Waals surface area contributed by atoms with Crippen molar-refractivity contribution in [1.29, 1.82) is 0 Å². The average Bonchev–Trinajstić information content (AvgIpc) is 3.10. The molecule has 2 aliphatic rings. The van der Waals surface area contributed by atoms with E-state index in [0.717, 1.165) is 29.9 Å². The summed E-state index contributed by atoms with van der Waals surface area (Å²) in [4.78, 5) is 4.66. The Kier molecular flexibility index (Phi) is 3.38. The lowest BCUT2D eigenvalue weighted by atomic mass is 10.1. The van der Waals surface area contributed by atoms with Gasteiger partial charge in [0.15, 0.2) is 0 Å². The number of benzene rings is 1. The van der Waals surface area contributed by atoms with Crippen LogP contribution in [0.5, 0.6) is 0 Å². The molecule has 0 N–H and O–H groups in total. The Hall–Kier alpha value is -1.13. The van der Waals surface area contributed by atoms with Crippen molar-refractivity contribution in [3.63, 3.8) is 0 Å². The highest BCUT2D eigenvalue weighted by Gasteiger charge is 2.42. The lowest BCUT2D eigenvalue weighted by Gasteiger charge is -2.22. The number of ether oxygens (including phenoxy) is 1. The second-order valence-corrected chi connectivity index (χ2v) is 6.38. The van der Waals surface area contributed by atoms with E-state index in [1.165, 1.54) is 18.9 Å². The maximum atomic E-state index is 13.7. The fraction of sp³-hybridized carbons (Fsp3) is 0.562. The van der Waals surface area contributed by atoms with Gasteiger partial charge in [-0.1, -0.05) is 0 Å². The molecule has 1 saturated carbocycles. The van der Waals surface area contributed by atoms with Crippen LogP contribution in [0.25, 0.3) is 11.0 Å². The van der Waals surface area contributed by atoms with Gasteiger partial charge < -0.3 is 9.30 Å². The molecule has 4 rings (SSSR count). The van der Waals surface area contributed by atoms with Gasteiger partial charge in [0.2, 0.25) is 0 Å². The van der Waals surface area contributed by atoms with Crippen molar-refractivity contribution in [2.75, 3.05) is 12.5 Å². The van der Waals surface area contributed by atoms with Crippen molar-refractivity contribution in [1.82, 2.24) is 9.55 Å². The van der Waals surface area contributed by atoms with Crippen LogP contribution in [0.15, 0.2) is 18.2 Å². The number of aryl methyl sites for hydroxylation is 1. The Balaban J connectivity index is 1.84. The molecule has 1 aromatic carbocycles. The van der Waals surface area contributed by atoms with Gasteiger partial charge in [-0.3, -0.25) is 0 Å². The van der Waals surface area contributed by atoms with E-state index >= 15 is 0 Å². The minimum Gasteiger partial charge on any atom is -0.376 e. The molecular formula is C16H18ClFN2O. The van der Waals surface area contributed by atoms with Gasteiger partial charge >= 0.3 is 0 Å². The van der Waals surface area contributed by atoms with Crippen LogP contribution in [0.1, 0.15) is 31.1 Å². The zero-order valence-electron chi connectivity index (χ0n) is 11.8. The third kappa shape index (κ3) is 2.34. The van der Waals surface area contributed by atoms with Crippen LogP contribution in [0, 0.1) is 11.7 Å². The highest BCUT2D eigenvalue weighted by atomic mass is 35.5. The molecule has 0 radical (unpaired) electrons. The summed E-state index contributed by atoms with van der Waals surface area (Å²) >= 11 is 5.93. The van der Waals surface area contributed by atoms with Crippen LogP contribution in [0.4, 0.5) is 4.39 Å². The summed E-state index contributed by atoms with van der Waals surface area (Å²) in [6.07, 6.45) is 4.41. The first-order chi connectivity index (χ1) is 10.3. The van der Waals surface area contributed by atoms with E-state index in [4.69, 9.17) is 16.3 Å². The highest BCUT2D eigenvalue weighted by molar-refractivity contribution is 6.17. The summed E-state index contributed by atoms with van der Waals surface area (Å²) in [5.74, 6) is 1.91. The summed E-state index contributed by atoms with van der Waals surface area (Å²) in [6, 6.07) is 5.07. The van der Waals surface area contributed by atoms with Gasteiger partial charge in [-0.05, 0) is 43.4 Å². The minimum absolute atomic E-state index is 0.219. The summed E-state index contributed by atoms with van der Waals surface area (Å²) < 4.78 is 21.8. The van der Waals surface area contributed by atoms with E-state index in [2.05, 4.69) is 9.55 Å². The largest absolute Gasteiger partial charge is 0.376 e. The first-order valence-corrected chi connectivity index (χ1v) is 8.15. The molecule has 1 saturated heterocycles. The number of nitrogens with zero attached hydrogens (tertiary/aromatic N) is 2. The van der Waals surface area contributed by atoms with Gasteiger partial charge in [0.1, 0.15) is 11.6 Å². The van der Waals surface area contributed by atoms with E-state index in [1.807, 2.05) is 0 Å². The SMILES string of the molecule is Fc1ccc2nc(CCCl)n(C3CCOC3C3CC3)c2c1. The van der Waals surface area contributed by atoms with E-state index in [9.17, 15) is 4.39 Å². The predicted molar refractivity (Wildman–Crippen MR) is 80.2 cm³/mol. The van der Waals surface area contributed by atoms with Crippen molar-refractivity contribution in [2.45, 2.75) is 37.8 Å².